The third kappa shape index (κ3) is 3.41. The van der Waals surface area contributed by atoms with E-state index in [2.05, 4.69) is 41.7 Å². The molecule has 3 heterocycles. The molecule has 0 aromatic carbocycles. The molecule has 2 aromatic heterocycles. The quantitative estimate of drug-likeness (QED) is 0.827. The van der Waals surface area contributed by atoms with Gasteiger partial charge in [-0.2, -0.15) is 4.98 Å². The van der Waals surface area contributed by atoms with Crippen molar-refractivity contribution in [3.8, 4) is 0 Å². The maximum Gasteiger partial charge on any atom is 0.320 e. The Bertz CT molecular complexity index is 742. The molecule has 1 fully saturated rings. The van der Waals surface area contributed by atoms with Gasteiger partial charge in [0.2, 0.25) is 0 Å². The Labute approximate surface area is 147 Å². The van der Waals surface area contributed by atoms with Crippen LogP contribution >= 0.6 is 15.9 Å². The Morgan fingerprint density at radius 2 is 2.08 bits per heavy atom. The average Bonchev–Trinajstić information content (AvgIpc) is 3.00. The second-order valence-electron chi connectivity index (χ2n) is 5.68. The molecule has 1 aliphatic rings. The number of carbonyl (C=O) groups is 1. The minimum atomic E-state index is -0.724. The van der Waals surface area contributed by atoms with Gasteiger partial charge in [-0.1, -0.05) is 5.16 Å². The van der Waals surface area contributed by atoms with Gasteiger partial charge in [0.1, 0.15) is 5.54 Å². The molecular formula is C15H18BrN5O3. The Morgan fingerprint density at radius 3 is 2.75 bits per heavy atom. The van der Waals surface area contributed by atoms with Crippen LogP contribution in [0.25, 0.3) is 0 Å². The van der Waals surface area contributed by atoms with Crippen molar-refractivity contribution in [2.75, 3.05) is 18.5 Å². The van der Waals surface area contributed by atoms with Crippen LogP contribution < -0.4 is 10.6 Å². The van der Waals surface area contributed by atoms with Gasteiger partial charge in [-0.15, -0.1) is 0 Å². The van der Waals surface area contributed by atoms with Gasteiger partial charge in [0.15, 0.2) is 5.82 Å². The van der Waals surface area contributed by atoms with Crippen LogP contribution in [0, 0.1) is 13.8 Å². The van der Waals surface area contributed by atoms with E-state index in [1.165, 1.54) is 0 Å². The number of rotatable bonds is 3. The molecule has 2 amide bonds. The number of halogens is 1. The first-order valence-corrected chi connectivity index (χ1v) is 8.38. The lowest BCUT2D eigenvalue weighted by Crippen LogP contribution is -2.51. The number of amides is 2. The fraction of sp³-hybridized carbons (Fsp3) is 0.467. The first-order valence-electron chi connectivity index (χ1n) is 7.59. The van der Waals surface area contributed by atoms with E-state index in [9.17, 15) is 4.79 Å². The molecule has 24 heavy (non-hydrogen) atoms. The molecule has 9 heteroatoms. The SMILES string of the molecule is Cc1noc(C2(NC(=O)Nc3ccnc(C)c3Br)CCOCC2)n1. The van der Waals surface area contributed by atoms with Gasteiger partial charge >= 0.3 is 6.03 Å². The molecule has 128 valence electrons. The van der Waals surface area contributed by atoms with Crippen molar-refractivity contribution in [1.82, 2.24) is 20.4 Å². The number of ether oxygens (including phenoxy) is 1. The molecule has 1 saturated heterocycles. The molecule has 2 N–H and O–H groups in total. The van der Waals surface area contributed by atoms with E-state index in [-0.39, 0.29) is 6.03 Å². The summed E-state index contributed by atoms with van der Waals surface area (Å²) in [6.45, 7) is 4.63. The van der Waals surface area contributed by atoms with Gasteiger partial charge in [0.25, 0.3) is 5.89 Å². The summed E-state index contributed by atoms with van der Waals surface area (Å²) in [4.78, 5) is 21.0. The Morgan fingerprint density at radius 1 is 1.33 bits per heavy atom. The van der Waals surface area contributed by atoms with E-state index in [0.717, 1.165) is 10.2 Å². The number of nitrogens with one attached hydrogen (secondary N) is 2. The van der Waals surface area contributed by atoms with Crippen LogP contribution in [0.5, 0.6) is 0 Å². The second kappa shape index (κ2) is 6.86. The molecule has 2 aromatic rings. The van der Waals surface area contributed by atoms with Gasteiger partial charge in [0, 0.05) is 32.3 Å². The molecule has 1 aliphatic heterocycles. The van der Waals surface area contributed by atoms with Crippen LogP contribution in [-0.4, -0.2) is 34.4 Å². The highest BCUT2D eigenvalue weighted by molar-refractivity contribution is 9.10. The summed E-state index contributed by atoms with van der Waals surface area (Å²) in [7, 11) is 0. The van der Waals surface area contributed by atoms with Crippen molar-refractivity contribution >= 4 is 27.6 Å². The molecular weight excluding hydrogens is 378 g/mol. The lowest BCUT2D eigenvalue weighted by Gasteiger charge is -2.34. The summed E-state index contributed by atoms with van der Waals surface area (Å²) in [5, 5.41) is 9.66. The van der Waals surface area contributed by atoms with E-state index in [4.69, 9.17) is 9.26 Å². The van der Waals surface area contributed by atoms with E-state index < -0.39 is 5.54 Å². The normalized spacial score (nSPS) is 16.6. The standard InChI is InChI=1S/C15H18BrN5O3/c1-9-12(16)11(3-6-17-9)19-14(22)20-15(4-7-23-8-5-15)13-18-10(2)21-24-13/h3,6H,4-5,7-8H2,1-2H3,(H2,17,19,20,22). The fourth-order valence-electron chi connectivity index (χ4n) is 2.62. The summed E-state index contributed by atoms with van der Waals surface area (Å²) < 4.78 is 11.5. The predicted molar refractivity (Wildman–Crippen MR) is 89.6 cm³/mol. The third-order valence-electron chi connectivity index (χ3n) is 3.95. The van der Waals surface area contributed by atoms with Gasteiger partial charge in [0.05, 0.1) is 15.9 Å². The lowest BCUT2D eigenvalue weighted by atomic mass is 9.90. The Hall–Kier alpha value is -2.00. The topological polar surface area (TPSA) is 102 Å². The molecule has 3 rings (SSSR count). The monoisotopic (exact) mass is 395 g/mol. The van der Waals surface area contributed by atoms with E-state index >= 15 is 0 Å². The smallest absolute Gasteiger partial charge is 0.320 e. The van der Waals surface area contributed by atoms with Crippen molar-refractivity contribution in [3.05, 3.63) is 34.1 Å². The van der Waals surface area contributed by atoms with Crippen molar-refractivity contribution in [3.63, 3.8) is 0 Å². The molecule has 0 bridgehead atoms. The summed E-state index contributed by atoms with van der Waals surface area (Å²) in [5.41, 5.74) is 0.711. The number of aryl methyl sites for hydroxylation is 2. The zero-order valence-electron chi connectivity index (χ0n) is 13.4. The number of pyridine rings is 1. The fourth-order valence-corrected chi connectivity index (χ4v) is 2.95. The van der Waals surface area contributed by atoms with E-state index in [1.807, 2.05) is 6.92 Å². The van der Waals surface area contributed by atoms with Gasteiger partial charge < -0.3 is 19.9 Å². The number of carbonyl (C=O) groups excluding carboxylic acids is 1. The number of aromatic nitrogens is 3. The maximum absolute atomic E-state index is 12.5. The van der Waals surface area contributed by atoms with Crippen LogP contribution in [0.1, 0.15) is 30.3 Å². The van der Waals surface area contributed by atoms with Gasteiger partial charge in [-0.05, 0) is 35.8 Å². The van der Waals surface area contributed by atoms with Crippen LogP contribution in [0.3, 0.4) is 0 Å². The zero-order chi connectivity index (χ0) is 17.2. The first kappa shape index (κ1) is 16.8. The Balaban J connectivity index is 1.80. The number of anilines is 1. The summed E-state index contributed by atoms with van der Waals surface area (Å²) >= 11 is 3.43. The number of hydrogen-bond donors (Lipinski definition) is 2. The number of urea groups is 1. The molecule has 8 nitrogen and oxygen atoms in total. The minimum absolute atomic E-state index is 0.348. The van der Waals surface area contributed by atoms with Crippen molar-refractivity contribution in [2.24, 2.45) is 0 Å². The molecule has 0 unspecified atom stereocenters. The molecule has 0 aliphatic carbocycles. The van der Waals surface area contributed by atoms with Gasteiger partial charge in [-0.25, -0.2) is 4.79 Å². The highest BCUT2D eigenvalue weighted by Gasteiger charge is 2.41. The Kier molecular flexibility index (Phi) is 4.81. The zero-order valence-corrected chi connectivity index (χ0v) is 15.0. The molecule has 0 atom stereocenters. The number of nitrogens with zero attached hydrogens (tertiary/aromatic N) is 3. The maximum atomic E-state index is 12.5. The highest BCUT2D eigenvalue weighted by Crippen LogP contribution is 2.31. The van der Waals surface area contributed by atoms with Crippen molar-refractivity contribution < 1.29 is 14.1 Å². The summed E-state index contributed by atoms with van der Waals surface area (Å²) in [5.74, 6) is 0.939. The van der Waals surface area contributed by atoms with Crippen LogP contribution in [0.15, 0.2) is 21.3 Å². The highest BCUT2D eigenvalue weighted by atomic mass is 79.9. The minimum Gasteiger partial charge on any atom is -0.381 e. The van der Waals surface area contributed by atoms with E-state index in [1.54, 1.807) is 19.2 Å². The summed E-state index contributed by atoms with van der Waals surface area (Å²) in [6, 6.07) is 1.38. The van der Waals surface area contributed by atoms with E-state index in [0.29, 0.717) is 43.5 Å². The summed E-state index contributed by atoms with van der Waals surface area (Å²) in [6.07, 6.45) is 2.78. The van der Waals surface area contributed by atoms with Crippen molar-refractivity contribution in [1.29, 1.82) is 0 Å². The largest absolute Gasteiger partial charge is 0.381 e. The first-order chi connectivity index (χ1) is 11.5. The number of hydrogen-bond acceptors (Lipinski definition) is 6. The average molecular weight is 396 g/mol. The predicted octanol–water partition coefficient (Wildman–Crippen LogP) is 2.67. The second-order valence-corrected chi connectivity index (χ2v) is 6.47. The molecule has 0 saturated carbocycles. The molecule has 0 radical (unpaired) electrons. The van der Waals surface area contributed by atoms with Gasteiger partial charge in [-0.3, -0.25) is 4.98 Å². The third-order valence-corrected chi connectivity index (χ3v) is 4.95. The lowest BCUT2D eigenvalue weighted by molar-refractivity contribution is 0.0285. The van der Waals surface area contributed by atoms with Crippen molar-refractivity contribution in [2.45, 2.75) is 32.2 Å². The van der Waals surface area contributed by atoms with Crippen LogP contribution in [0.4, 0.5) is 10.5 Å². The van der Waals surface area contributed by atoms with Crippen LogP contribution in [0.2, 0.25) is 0 Å². The van der Waals surface area contributed by atoms with Crippen LogP contribution in [-0.2, 0) is 10.3 Å². The molecule has 0 spiro atoms.